The molecular weight excluding hydrogens is 472 g/mol. The maximum atomic E-state index is 4.54. The maximum absolute atomic E-state index is 4.54. The van der Waals surface area contributed by atoms with Crippen LogP contribution in [0.4, 0.5) is 17.2 Å². The molecule has 2 aliphatic rings. The molecule has 2 aromatic carbocycles. The molecule has 6 rings (SSSR count). The molecule has 1 N–H and O–H groups in total. The normalized spacial score (nSPS) is 17.9. The molecular formula is C30H38N8. The minimum absolute atomic E-state index is 0.327. The van der Waals surface area contributed by atoms with E-state index in [9.17, 15) is 0 Å². The summed E-state index contributed by atoms with van der Waals surface area (Å²) in [5.74, 6) is 0.786. The number of benzene rings is 2. The Hall–Kier alpha value is -3.49. The smallest absolute Gasteiger partial charge is 0.134 e. The number of nitrogens with zero attached hydrogens (tertiary/aromatic N) is 7. The van der Waals surface area contributed by atoms with E-state index in [2.05, 4.69) is 98.4 Å². The van der Waals surface area contributed by atoms with E-state index in [1.54, 1.807) is 6.33 Å². The highest BCUT2D eigenvalue weighted by Crippen LogP contribution is 2.28. The summed E-state index contributed by atoms with van der Waals surface area (Å²) in [5.41, 5.74) is 5.41. The van der Waals surface area contributed by atoms with Gasteiger partial charge in [0.25, 0.3) is 0 Å². The zero-order chi connectivity index (χ0) is 26.1. The first kappa shape index (κ1) is 24.8. The van der Waals surface area contributed by atoms with Gasteiger partial charge in [0, 0.05) is 79.7 Å². The van der Waals surface area contributed by atoms with Gasteiger partial charge in [0.05, 0.1) is 17.4 Å². The Morgan fingerprint density at radius 3 is 2.37 bits per heavy atom. The summed E-state index contributed by atoms with van der Waals surface area (Å²) < 4.78 is 2.05. The van der Waals surface area contributed by atoms with Crippen LogP contribution in [0.15, 0.2) is 61.1 Å². The Morgan fingerprint density at radius 1 is 0.868 bits per heavy atom. The molecule has 8 heteroatoms. The van der Waals surface area contributed by atoms with Crippen LogP contribution in [-0.4, -0.2) is 81.9 Å². The fourth-order valence-electron chi connectivity index (χ4n) is 5.79. The van der Waals surface area contributed by atoms with E-state index in [0.29, 0.717) is 6.04 Å². The second-order valence-electron chi connectivity index (χ2n) is 11.0. The van der Waals surface area contributed by atoms with Gasteiger partial charge < -0.3 is 15.1 Å². The number of hydrogen-bond acceptors (Lipinski definition) is 7. The van der Waals surface area contributed by atoms with Gasteiger partial charge in [0.2, 0.25) is 0 Å². The van der Waals surface area contributed by atoms with Crippen LogP contribution >= 0.6 is 0 Å². The molecule has 0 saturated carbocycles. The third kappa shape index (κ3) is 5.24. The fraction of sp³-hybridized carbons (Fsp3) is 0.433. The average Bonchev–Trinajstić information content (AvgIpc) is 3.38. The Morgan fingerprint density at radius 2 is 1.63 bits per heavy atom. The van der Waals surface area contributed by atoms with Crippen molar-refractivity contribution in [2.75, 3.05) is 56.5 Å². The van der Waals surface area contributed by atoms with Crippen LogP contribution in [0.5, 0.6) is 0 Å². The summed E-state index contributed by atoms with van der Waals surface area (Å²) in [6.07, 6.45) is 6.04. The molecule has 2 aliphatic heterocycles. The predicted octanol–water partition coefficient (Wildman–Crippen LogP) is 5.03. The van der Waals surface area contributed by atoms with E-state index in [-0.39, 0.29) is 0 Å². The number of hydrogen-bond donors (Lipinski definition) is 1. The van der Waals surface area contributed by atoms with Gasteiger partial charge in [-0.15, -0.1) is 0 Å². The van der Waals surface area contributed by atoms with Crippen molar-refractivity contribution < 1.29 is 0 Å². The quantitative estimate of drug-likeness (QED) is 0.390. The van der Waals surface area contributed by atoms with Crippen molar-refractivity contribution in [1.29, 1.82) is 0 Å². The molecule has 4 heterocycles. The number of nitrogens with one attached hydrogen (secondary N) is 1. The second-order valence-corrected chi connectivity index (χ2v) is 11.0. The van der Waals surface area contributed by atoms with Crippen LogP contribution in [0.2, 0.25) is 0 Å². The number of piperidine rings is 1. The Bertz CT molecular complexity index is 1360. The van der Waals surface area contributed by atoms with Gasteiger partial charge in [-0.2, -0.15) is 5.10 Å². The molecule has 0 amide bonds. The van der Waals surface area contributed by atoms with Crippen LogP contribution in [0.25, 0.3) is 22.2 Å². The monoisotopic (exact) mass is 510 g/mol. The van der Waals surface area contributed by atoms with Crippen LogP contribution in [-0.2, 0) is 0 Å². The molecule has 4 aromatic rings. The zero-order valence-corrected chi connectivity index (χ0v) is 22.7. The highest BCUT2D eigenvalue weighted by atomic mass is 15.3. The van der Waals surface area contributed by atoms with Crippen molar-refractivity contribution in [2.24, 2.45) is 0 Å². The van der Waals surface area contributed by atoms with Gasteiger partial charge in [0.1, 0.15) is 12.1 Å². The first-order valence-electron chi connectivity index (χ1n) is 13.9. The van der Waals surface area contributed by atoms with Gasteiger partial charge in [-0.25, -0.2) is 9.97 Å². The standard InChI is InChI=1S/C30H38N8/c1-22(2)38-29-9-4-23(18-24(29)20-33-38)28-19-30(32-21-31-28)34-25-5-7-26(8-6-25)36-12-10-27(11-13-36)37-16-14-35(3)15-17-37/h4-9,18-22,27H,10-17H2,1-3H3,(H,31,32,34). The van der Waals surface area contributed by atoms with Crippen molar-refractivity contribution >= 4 is 28.1 Å². The van der Waals surface area contributed by atoms with Crippen molar-refractivity contribution in [3.8, 4) is 11.3 Å². The van der Waals surface area contributed by atoms with Gasteiger partial charge >= 0.3 is 0 Å². The highest BCUT2D eigenvalue weighted by Gasteiger charge is 2.26. The molecule has 2 fully saturated rings. The fourth-order valence-corrected chi connectivity index (χ4v) is 5.79. The minimum atomic E-state index is 0.327. The van der Waals surface area contributed by atoms with Crippen LogP contribution in [0, 0.1) is 0 Å². The Labute approximate surface area is 225 Å². The topological polar surface area (TPSA) is 65.4 Å². The number of anilines is 3. The molecule has 8 nitrogen and oxygen atoms in total. The SMILES string of the molecule is CC(C)n1ncc2cc(-c3cc(Nc4ccc(N5CCC(N6CCN(C)CC6)CC5)cc4)ncn3)ccc21. The molecule has 0 spiro atoms. The van der Waals surface area contributed by atoms with E-state index in [0.717, 1.165) is 52.8 Å². The number of aromatic nitrogens is 4. The van der Waals surface area contributed by atoms with E-state index >= 15 is 0 Å². The summed E-state index contributed by atoms with van der Waals surface area (Å²) in [4.78, 5) is 16.7. The molecule has 0 unspecified atom stereocenters. The first-order valence-corrected chi connectivity index (χ1v) is 13.9. The highest BCUT2D eigenvalue weighted by molar-refractivity contribution is 5.84. The molecule has 0 radical (unpaired) electrons. The number of rotatable bonds is 6. The van der Waals surface area contributed by atoms with E-state index in [1.807, 2.05) is 16.9 Å². The van der Waals surface area contributed by atoms with E-state index < -0.39 is 0 Å². The largest absolute Gasteiger partial charge is 0.371 e. The van der Waals surface area contributed by atoms with Crippen LogP contribution in [0.3, 0.4) is 0 Å². The summed E-state index contributed by atoms with van der Waals surface area (Å²) in [6.45, 7) is 11.4. The van der Waals surface area contributed by atoms with E-state index in [1.165, 1.54) is 44.7 Å². The van der Waals surface area contributed by atoms with Crippen LogP contribution in [0.1, 0.15) is 32.7 Å². The van der Waals surface area contributed by atoms with Crippen LogP contribution < -0.4 is 10.2 Å². The maximum Gasteiger partial charge on any atom is 0.134 e. The summed E-state index contributed by atoms with van der Waals surface area (Å²) in [7, 11) is 2.23. The minimum Gasteiger partial charge on any atom is -0.371 e. The molecule has 0 aliphatic carbocycles. The molecule has 0 bridgehead atoms. The van der Waals surface area contributed by atoms with E-state index in [4.69, 9.17) is 0 Å². The first-order chi connectivity index (χ1) is 18.5. The van der Waals surface area contributed by atoms with Crippen molar-refractivity contribution in [3.05, 3.63) is 61.1 Å². The van der Waals surface area contributed by atoms with Gasteiger partial charge in [-0.3, -0.25) is 9.58 Å². The molecule has 0 atom stereocenters. The molecule has 198 valence electrons. The second kappa shape index (κ2) is 10.7. The zero-order valence-electron chi connectivity index (χ0n) is 22.7. The summed E-state index contributed by atoms with van der Waals surface area (Å²) in [5, 5.41) is 9.11. The summed E-state index contributed by atoms with van der Waals surface area (Å²) >= 11 is 0. The Kier molecular flexibility index (Phi) is 7.00. The van der Waals surface area contributed by atoms with Gasteiger partial charge in [-0.05, 0) is 70.1 Å². The molecule has 38 heavy (non-hydrogen) atoms. The lowest BCUT2D eigenvalue weighted by Gasteiger charge is -2.42. The lowest BCUT2D eigenvalue weighted by atomic mass is 10.0. The predicted molar refractivity (Wildman–Crippen MR) is 155 cm³/mol. The molecule has 2 aromatic heterocycles. The van der Waals surface area contributed by atoms with Crippen molar-refractivity contribution in [3.63, 3.8) is 0 Å². The number of fused-ring (bicyclic) bond motifs is 1. The third-order valence-corrected chi connectivity index (χ3v) is 8.07. The number of likely N-dealkylation sites (N-methyl/N-ethyl adjacent to an activating group) is 1. The summed E-state index contributed by atoms with van der Waals surface area (Å²) in [6, 6.07) is 18.2. The van der Waals surface area contributed by atoms with Gasteiger partial charge in [-0.1, -0.05) is 6.07 Å². The van der Waals surface area contributed by atoms with Crippen molar-refractivity contribution in [2.45, 2.75) is 38.8 Å². The third-order valence-electron chi connectivity index (χ3n) is 8.07. The van der Waals surface area contributed by atoms with Crippen molar-refractivity contribution in [1.82, 2.24) is 29.5 Å². The lowest BCUT2D eigenvalue weighted by molar-refractivity contribution is 0.0982. The Balaban J connectivity index is 1.09. The number of piperazine rings is 1. The average molecular weight is 511 g/mol. The molecule has 2 saturated heterocycles. The lowest BCUT2D eigenvalue weighted by Crippen LogP contribution is -2.52. The van der Waals surface area contributed by atoms with Gasteiger partial charge in [0.15, 0.2) is 0 Å².